The molecule has 0 saturated carbocycles. The molecule has 3 rings (SSSR count). The molecule has 0 radical (unpaired) electrons. The van der Waals surface area contributed by atoms with Gasteiger partial charge in [0.1, 0.15) is 5.52 Å². The van der Waals surface area contributed by atoms with E-state index in [-0.39, 0.29) is 12.0 Å². The number of fused-ring (bicyclic) bond motifs is 1. The third-order valence-electron chi connectivity index (χ3n) is 2.15. The number of benzene rings is 1. The minimum atomic E-state index is 0.196. The van der Waals surface area contributed by atoms with Crippen LogP contribution in [0.15, 0.2) is 21.0 Å². The standard InChI is InChI=1S/C10H6Cl2N4O2/c1-4-15-16-10(17-4)14-9-13-8-6(12)2-5(11)3-7(8)18-9/h2-3H,1H3,(H,13,14,16). The fraction of sp³-hybridized carbons (Fsp3) is 0.100. The van der Waals surface area contributed by atoms with E-state index >= 15 is 0 Å². The maximum Gasteiger partial charge on any atom is 0.323 e. The second-order valence-corrected chi connectivity index (χ2v) is 4.35. The fourth-order valence-corrected chi connectivity index (χ4v) is 1.97. The lowest BCUT2D eigenvalue weighted by molar-refractivity contribution is 0.528. The summed E-state index contributed by atoms with van der Waals surface area (Å²) in [6.07, 6.45) is 0. The van der Waals surface area contributed by atoms with Gasteiger partial charge in [0.25, 0.3) is 0 Å². The smallest absolute Gasteiger partial charge is 0.323 e. The summed E-state index contributed by atoms with van der Waals surface area (Å²) in [6, 6.07) is 3.62. The molecule has 0 unspecified atom stereocenters. The molecule has 92 valence electrons. The first kappa shape index (κ1) is 11.3. The lowest BCUT2D eigenvalue weighted by Gasteiger charge is -1.91. The predicted molar refractivity (Wildman–Crippen MR) is 66.3 cm³/mol. The summed E-state index contributed by atoms with van der Waals surface area (Å²) in [5.74, 6) is 0.440. The molecule has 1 N–H and O–H groups in total. The maximum atomic E-state index is 6.00. The Bertz CT molecular complexity index is 722. The zero-order chi connectivity index (χ0) is 12.7. The lowest BCUT2D eigenvalue weighted by atomic mass is 10.3. The first-order valence-corrected chi connectivity index (χ1v) is 5.70. The van der Waals surface area contributed by atoms with Crippen molar-refractivity contribution in [3.8, 4) is 0 Å². The Kier molecular flexibility index (Phi) is 2.61. The van der Waals surface area contributed by atoms with E-state index in [0.29, 0.717) is 27.0 Å². The largest absolute Gasteiger partial charge is 0.423 e. The van der Waals surface area contributed by atoms with Gasteiger partial charge in [-0.1, -0.05) is 28.3 Å². The van der Waals surface area contributed by atoms with E-state index in [4.69, 9.17) is 32.0 Å². The lowest BCUT2D eigenvalue weighted by Crippen LogP contribution is -1.89. The van der Waals surface area contributed by atoms with Gasteiger partial charge in [-0.3, -0.25) is 5.32 Å². The van der Waals surface area contributed by atoms with Gasteiger partial charge in [0.2, 0.25) is 5.89 Å². The molecule has 0 aliphatic heterocycles. The molecule has 3 aromatic rings. The number of oxazole rings is 1. The second kappa shape index (κ2) is 4.15. The molecule has 1 aromatic carbocycles. The summed E-state index contributed by atoms with van der Waals surface area (Å²) < 4.78 is 10.6. The number of anilines is 2. The molecule has 0 aliphatic rings. The number of halogens is 2. The van der Waals surface area contributed by atoms with Crippen LogP contribution >= 0.6 is 23.2 Å². The van der Waals surface area contributed by atoms with Gasteiger partial charge in [0.15, 0.2) is 5.58 Å². The van der Waals surface area contributed by atoms with Gasteiger partial charge in [0, 0.05) is 18.0 Å². The van der Waals surface area contributed by atoms with E-state index in [1.54, 1.807) is 19.1 Å². The Morgan fingerprint density at radius 1 is 1.11 bits per heavy atom. The van der Waals surface area contributed by atoms with Crippen LogP contribution in [0.1, 0.15) is 5.89 Å². The third kappa shape index (κ3) is 2.00. The molecule has 0 amide bonds. The fourth-order valence-electron chi connectivity index (χ4n) is 1.45. The number of aryl methyl sites for hydroxylation is 1. The van der Waals surface area contributed by atoms with Crippen LogP contribution in [0.4, 0.5) is 12.0 Å². The van der Waals surface area contributed by atoms with E-state index in [9.17, 15) is 0 Å². The number of nitrogens with zero attached hydrogens (tertiary/aromatic N) is 3. The van der Waals surface area contributed by atoms with Crippen molar-refractivity contribution in [1.82, 2.24) is 15.2 Å². The van der Waals surface area contributed by atoms with E-state index in [0.717, 1.165) is 0 Å². The molecular formula is C10H6Cl2N4O2. The van der Waals surface area contributed by atoms with Crippen molar-refractivity contribution >= 4 is 46.3 Å². The van der Waals surface area contributed by atoms with Crippen LogP contribution in [-0.4, -0.2) is 15.2 Å². The SMILES string of the molecule is Cc1nnc(Nc2nc3c(Cl)cc(Cl)cc3o2)o1. The van der Waals surface area contributed by atoms with Crippen molar-refractivity contribution in [3.63, 3.8) is 0 Å². The molecule has 0 aliphatic carbocycles. The van der Waals surface area contributed by atoms with Crippen molar-refractivity contribution < 1.29 is 8.83 Å². The Morgan fingerprint density at radius 2 is 1.94 bits per heavy atom. The minimum Gasteiger partial charge on any atom is -0.423 e. The van der Waals surface area contributed by atoms with E-state index in [2.05, 4.69) is 20.5 Å². The summed E-state index contributed by atoms with van der Waals surface area (Å²) in [7, 11) is 0. The van der Waals surface area contributed by atoms with Gasteiger partial charge >= 0.3 is 12.0 Å². The number of aromatic nitrogens is 3. The van der Waals surface area contributed by atoms with Crippen molar-refractivity contribution in [2.75, 3.05) is 5.32 Å². The predicted octanol–water partition coefficient (Wildman–Crippen LogP) is 3.57. The average Bonchev–Trinajstić information content (AvgIpc) is 2.85. The highest BCUT2D eigenvalue weighted by atomic mass is 35.5. The van der Waals surface area contributed by atoms with Crippen LogP contribution in [0, 0.1) is 6.92 Å². The minimum absolute atomic E-state index is 0.196. The number of hydrogen-bond acceptors (Lipinski definition) is 6. The Labute approximate surface area is 111 Å². The molecule has 2 aromatic heterocycles. The van der Waals surface area contributed by atoms with Crippen molar-refractivity contribution in [3.05, 3.63) is 28.1 Å². The molecule has 0 fully saturated rings. The quantitative estimate of drug-likeness (QED) is 0.775. The monoisotopic (exact) mass is 284 g/mol. The molecule has 0 bridgehead atoms. The van der Waals surface area contributed by atoms with E-state index in [1.807, 2.05) is 0 Å². The number of rotatable bonds is 2. The highest BCUT2D eigenvalue weighted by Crippen LogP contribution is 2.30. The molecule has 6 nitrogen and oxygen atoms in total. The van der Waals surface area contributed by atoms with Crippen molar-refractivity contribution in [2.45, 2.75) is 6.92 Å². The summed E-state index contributed by atoms with van der Waals surface area (Å²) in [6.45, 7) is 1.68. The van der Waals surface area contributed by atoms with Crippen LogP contribution in [0.5, 0.6) is 0 Å². The molecule has 8 heteroatoms. The first-order chi connectivity index (χ1) is 8.61. The van der Waals surface area contributed by atoms with Crippen LogP contribution in [-0.2, 0) is 0 Å². The molecule has 0 saturated heterocycles. The van der Waals surface area contributed by atoms with Gasteiger partial charge in [-0.2, -0.15) is 4.98 Å². The van der Waals surface area contributed by atoms with Crippen molar-refractivity contribution in [2.24, 2.45) is 0 Å². The molecule has 0 spiro atoms. The topological polar surface area (TPSA) is 77.0 Å². The van der Waals surface area contributed by atoms with Gasteiger partial charge in [-0.05, 0) is 6.07 Å². The van der Waals surface area contributed by atoms with Gasteiger partial charge < -0.3 is 8.83 Å². The van der Waals surface area contributed by atoms with Crippen LogP contribution in [0.2, 0.25) is 10.0 Å². The second-order valence-electron chi connectivity index (χ2n) is 3.50. The van der Waals surface area contributed by atoms with E-state index in [1.165, 1.54) is 0 Å². The zero-order valence-corrected chi connectivity index (χ0v) is 10.6. The summed E-state index contributed by atoms with van der Waals surface area (Å²) in [5, 5.41) is 11.1. The molecule has 2 heterocycles. The summed E-state index contributed by atoms with van der Waals surface area (Å²) in [5.41, 5.74) is 0.992. The summed E-state index contributed by atoms with van der Waals surface area (Å²) in [4.78, 5) is 4.16. The molecule has 18 heavy (non-hydrogen) atoms. The van der Waals surface area contributed by atoms with Crippen LogP contribution < -0.4 is 5.32 Å². The highest BCUT2D eigenvalue weighted by Gasteiger charge is 2.12. The third-order valence-corrected chi connectivity index (χ3v) is 2.66. The van der Waals surface area contributed by atoms with Gasteiger partial charge in [0.05, 0.1) is 5.02 Å². The summed E-state index contributed by atoms with van der Waals surface area (Å²) >= 11 is 11.9. The Hall–Kier alpha value is -1.79. The molecule has 0 atom stereocenters. The highest BCUT2D eigenvalue weighted by molar-refractivity contribution is 6.38. The van der Waals surface area contributed by atoms with E-state index < -0.39 is 0 Å². The maximum absolute atomic E-state index is 6.00. The Balaban J connectivity index is 2.01. The number of hydrogen-bond donors (Lipinski definition) is 1. The first-order valence-electron chi connectivity index (χ1n) is 4.94. The Morgan fingerprint density at radius 3 is 2.67 bits per heavy atom. The van der Waals surface area contributed by atoms with Crippen molar-refractivity contribution in [1.29, 1.82) is 0 Å². The zero-order valence-electron chi connectivity index (χ0n) is 9.07. The van der Waals surface area contributed by atoms with Crippen LogP contribution in [0.3, 0.4) is 0 Å². The normalized spacial score (nSPS) is 11.1. The average molecular weight is 285 g/mol. The van der Waals surface area contributed by atoms with Crippen LogP contribution in [0.25, 0.3) is 11.1 Å². The van der Waals surface area contributed by atoms with Gasteiger partial charge in [-0.15, -0.1) is 5.10 Å². The van der Waals surface area contributed by atoms with Gasteiger partial charge in [-0.25, -0.2) is 0 Å². The number of nitrogens with one attached hydrogen (secondary N) is 1. The molecular weight excluding hydrogens is 279 g/mol.